The van der Waals surface area contributed by atoms with Gasteiger partial charge in [0.05, 0.1) is 10.6 Å². The van der Waals surface area contributed by atoms with E-state index in [2.05, 4.69) is 0 Å². The second kappa shape index (κ2) is 4.98. The molecule has 0 radical (unpaired) electrons. The van der Waals surface area contributed by atoms with Gasteiger partial charge in [-0.05, 0) is 12.5 Å². The Morgan fingerprint density at radius 1 is 1.56 bits per heavy atom. The summed E-state index contributed by atoms with van der Waals surface area (Å²) in [7, 11) is -4.21. The van der Waals surface area contributed by atoms with Crippen LogP contribution in [0.5, 0.6) is 0 Å². The lowest BCUT2D eigenvalue weighted by molar-refractivity contribution is -0.137. The molecule has 0 spiro atoms. The van der Waals surface area contributed by atoms with Gasteiger partial charge in [-0.15, -0.1) is 0 Å². The van der Waals surface area contributed by atoms with Crippen molar-refractivity contribution in [2.24, 2.45) is 10.9 Å². The zero-order chi connectivity index (χ0) is 14.1. The van der Waals surface area contributed by atoms with E-state index in [4.69, 9.17) is 27.6 Å². The molecule has 0 bridgehead atoms. The van der Waals surface area contributed by atoms with Crippen LogP contribution in [0.1, 0.15) is 12.8 Å². The molecule has 1 aliphatic rings. The quantitative estimate of drug-likeness (QED) is 0.535. The maximum absolute atomic E-state index is 11.3. The van der Waals surface area contributed by atoms with E-state index in [1.807, 2.05) is 0 Å². The zero-order valence-corrected chi connectivity index (χ0v) is 10.8. The number of carboxylic acids is 1. The van der Waals surface area contributed by atoms with Crippen LogP contribution < -0.4 is 10.9 Å². The lowest BCUT2D eigenvalue weighted by Gasteiger charge is -2.34. The predicted molar refractivity (Wildman–Crippen MR) is 64.9 cm³/mol. The minimum atomic E-state index is -4.21. The fourth-order valence-electron chi connectivity index (χ4n) is 1.61. The summed E-state index contributed by atoms with van der Waals surface area (Å²) in [4.78, 5) is 9.89. The van der Waals surface area contributed by atoms with Gasteiger partial charge in [0.25, 0.3) is 0 Å². The molecule has 18 heavy (non-hydrogen) atoms. The molecule has 6 N–H and O–H groups in total. The average molecular weight is 297 g/mol. The number of aliphatic hydroxyl groups is 1. The molecule has 0 aromatic heterocycles. The third kappa shape index (κ3) is 3.09. The molecule has 7 nitrogen and oxygen atoms in total. The molecule has 0 aliphatic heterocycles. The summed E-state index contributed by atoms with van der Waals surface area (Å²) >= 11 is 5.65. The van der Waals surface area contributed by atoms with Gasteiger partial charge in [-0.3, -0.25) is 4.79 Å². The van der Waals surface area contributed by atoms with Gasteiger partial charge in [0, 0.05) is 6.42 Å². The van der Waals surface area contributed by atoms with Crippen molar-refractivity contribution in [3.63, 3.8) is 0 Å². The monoisotopic (exact) mass is 296 g/mol. The lowest BCUT2D eigenvalue weighted by Crippen LogP contribution is -2.53. The van der Waals surface area contributed by atoms with Crippen molar-refractivity contribution >= 4 is 27.6 Å². The molecule has 0 aromatic rings. The standard InChI is InChI=1S/C9H13ClN2O5S/c10-5-1-3-9(11,4-2-6(13)14)8(15)7(5)18(12,16)17/h1,3,8,15H,2,4,11H2,(H,13,14)(H2,12,16,17). The lowest BCUT2D eigenvalue weighted by atomic mass is 9.85. The molecule has 0 aromatic carbocycles. The van der Waals surface area contributed by atoms with E-state index in [1.165, 1.54) is 12.2 Å². The van der Waals surface area contributed by atoms with E-state index < -0.39 is 32.5 Å². The molecule has 1 aliphatic carbocycles. The number of hydrogen-bond acceptors (Lipinski definition) is 5. The normalized spacial score (nSPS) is 28.6. The summed E-state index contributed by atoms with van der Waals surface area (Å²) in [6.45, 7) is 0. The minimum Gasteiger partial charge on any atom is -0.481 e. The van der Waals surface area contributed by atoms with E-state index >= 15 is 0 Å². The van der Waals surface area contributed by atoms with Crippen LogP contribution in [0, 0.1) is 0 Å². The molecule has 102 valence electrons. The molecule has 0 heterocycles. The third-order valence-corrected chi connectivity index (χ3v) is 4.11. The van der Waals surface area contributed by atoms with Crippen molar-refractivity contribution in [3.8, 4) is 0 Å². The van der Waals surface area contributed by atoms with Gasteiger partial charge >= 0.3 is 5.97 Å². The molecule has 1 rings (SSSR count). The smallest absolute Gasteiger partial charge is 0.303 e. The fraction of sp³-hybridized carbons (Fsp3) is 0.444. The van der Waals surface area contributed by atoms with Crippen molar-refractivity contribution in [2.75, 3.05) is 0 Å². The van der Waals surface area contributed by atoms with Gasteiger partial charge in [0.15, 0.2) is 0 Å². The number of rotatable bonds is 4. The van der Waals surface area contributed by atoms with Crippen LogP contribution in [0.4, 0.5) is 0 Å². The van der Waals surface area contributed by atoms with Gasteiger partial charge in [0.1, 0.15) is 11.0 Å². The van der Waals surface area contributed by atoms with Crippen LogP contribution in [0.25, 0.3) is 0 Å². The third-order valence-electron chi connectivity index (χ3n) is 2.61. The Morgan fingerprint density at radius 3 is 2.56 bits per heavy atom. The zero-order valence-electron chi connectivity index (χ0n) is 9.21. The van der Waals surface area contributed by atoms with Crippen LogP contribution in [-0.4, -0.2) is 36.2 Å². The van der Waals surface area contributed by atoms with Gasteiger partial charge in [0.2, 0.25) is 10.0 Å². The van der Waals surface area contributed by atoms with Crippen LogP contribution >= 0.6 is 11.6 Å². The fourth-order valence-corrected chi connectivity index (χ4v) is 2.97. The molecule has 2 atom stereocenters. The van der Waals surface area contributed by atoms with Crippen molar-refractivity contribution in [3.05, 3.63) is 22.1 Å². The van der Waals surface area contributed by atoms with E-state index in [9.17, 15) is 18.3 Å². The highest BCUT2D eigenvalue weighted by Gasteiger charge is 2.41. The first kappa shape index (κ1) is 15.1. The molecule has 0 saturated heterocycles. The number of halogens is 1. The van der Waals surface area contributed by atoms with Crippen molar-refractivity contribution in [1.29, 1.82) is 0 Å². The van der Waals surface area contributed by atoms with Crippen LogP contribution in [0.3, 0.4) is 0 Å². The Morgan fingerprint density at radius 2 is 2.11 bits per heavy atom. The van der Waals surface area contributed by atoms with Gasteiger partial charge in [-0.2, -0.15) is 0 Å². The maximum Gasteiger partial charge on any atom is 0.303 e. The second-order valence-electron chi connectivity index (χ2n) is 4.00. The van der Waals surface area contributed by atoms with Crippen LogP contribution in [0.15, 0.2) is 22.1 Å². The number of allylic oxidation sites excluding steroid dienone is 2. The van der Waals surface area contributed by atoms with E-state index in [-0.39, 0.29) is 17.9 Å². The highest BCUT2D eigenvalue weighted by atomic mass is 35.5. The molecule has 2 unspecified atom stereocenters. The Balaban J connectivity index is 3.11. The number of hydrogen-bond donors (Lipinski definition) is 4. The molecular weight excluding hydrogens is 284 g/mol. The minimum absolute atomic E-state index is 0.150. The highest BCUT2D eigenvalue weighted by Crippen LogP contribution is 2.33. The average Bonchev–Trinajstić information content (AvgIpc) is 2.20. The van der Waals surface area contributed by atoms with Crippen LogP contribution in [-0.2, 0) is 14.8 Å². The first-order valence-electron chi connectivity index (χ1n) is 4.88. The van der Waals surface area contributed by atoms with Crippen molar-refractivity contribution in [2.45, 2.75) is 24.5 Å². The summed E-state index contributed by atoms with van der Waals surface area (Å²) < 4.78 is 22.6. The number of nitrogens with two attached hydrogens (primary N) is 2. The molecule has 9 heteroatoms. The summed E-state index contributed by atoms with van der Waals surface area (Å²) in [6.07, 6.45) is 0.314. The first-order chi connectivity index (χ1) is 8.08. The number of carbonyl (C=O) groups is 1. The highest BCUT2D eigenvalue weighted by molar-refractivity contribution is 7.93. The predicted octanol–water partition coefficient (Wildman–Crippen LogP) is -0.782. The van der Waals surface area contributed by atoms with Gasteiger partial charge in [-0.1, -0.05) is 17.7 Å². The second-order valence-corrected chi connectivity index (χ2v) is 5.94. The Kier molecular flexibility index (Phi) is 4.19. The van der Waals surface area contributed by atoms with E-state index in [1.54, 1.807) is 0 Å². The SMILES string of the molecule is NC1(CCC(=O)O)C=CC(Cl)=C(S(N)(=O)=O)C1O. The Bertz CT molecular complexity index is 527. The first-order valence-corrected chi connectivity index (χ1v) is 6.81. The molecule has 0 fully saturated rings. The van der Waals surface area contributed by atoms with E-state index in [0.29, 0.717) is 0 Å². The Hall–Kier alpha value is -0.930. The summed E-state index contributed by atoms with van der Waals surface area (Å²) in [6, 6.07) is 0. The number of sulfonamides is 1. The molecular formula is C9H13ClN2O5S. The van der Waals surface area contributed by atoms with E-state index in [0.717, 1.165) is 0 Å². The molecule has 0 saturated carbocycles. The maximum atomic E-state index is 11.3. The Labute approximate surface area is 109 Å². The summed E-state index contributed by atoms with van der Waals surface area (Å²) in [5.74, 6) is -1.11. The number of aliphatic carboxylic acids is 1. The number of carboxylic acid groups (broad SMARTS) is 1. The topological polar surface area (TPSA) is 144 Å². The van der Waals surface area contributed by atoms with Crippen LogP contribution in [0.2, 0.25) is 0 Å². The van der Waals surface area contributed by atoms with Crippen molar-refractivity contribution in [1.82, 2.24) is 0 Å². The molecule has 0 amide bonds. The van der Waals surface area contributed by atoms with Crippen molar-refractivity contribution < 1.29 is 23.4 Å². The summed E-state index contributed by atoms with van der Waals surface area (Å²) in [5.41, 5.74) is 4.26. The summed E-state index contributed by atoms with van der Waals surface area (Å²) in [5, 5.41) is 23.2. The van der Waals surface area contributed by atoms with Gasteiger partial charge in [-0.25, -0.2) is 13.6 Å². The number of primary sulfonamides is 1. The largest absolute Gasteiger partial charge is 0.481 e. The number of aliphatic hydroxyl groups excluding tert-OH is 1. The van der Waals surface area contributed by atoms with Gasteiger partial charge < -0.3 is 15.9 Å².